The van der Waals surface area contributed by atoms with E-state index in [1.807, 2.05) is 0 Å². The zero-order chi connectivity index (χ0) is 16.2. The SMILES string of the molecule is CCCCCCCCCCCC(=O)Nc1cc(Cl)[c]c(Cl)c1. The summed E-state index contributed by atoms with van der Waals surface area (Å²) in [6, 6.07) is 6.06. The molecule has 0 saturated heterocycles. The number of hydrogen-bond acceptors (Lipinski definition) is 1. The molecule has 22 heavy (non-hydrogen) atoms. The van der Waals surface area contributed by atoms with Crippen LogP contribution in [-0.2, 0) is 4.79 Å². The van der Waals surface area contributed by atoms with Gasteiger partial charge in [0.1, 0.15) is 0 Å². The molecule has 4 heteroatoms. The Labute approximate surface area is 144 Å². The Hall–Kier alpha value is -0.730. The summed E-state index contributed by atoms with van der Waals surface area (Å²) in [6.07, 6.45) is 11.8. The third kappa shape index (κ3) is 9.32. The molecule has 0 aliphatic rings. The quantitative estimate of drug-likeness (QED) is 0.448. The maximum atomic E-state index is 11.8. The normalized spacial score (nSPS) is 10.7. The predicted octanol–water partition coefficient (Wildman–Crippen LogP) is 6.65. The monoisotopic (exact) mass is 342 g/mol. The molecule has 1 N–H and O–H groups in total. The molecule has 0 spiro atoms. The molecule has 1 radical (unpaired) electrons. The third-order valence-electron chi connectivity index (χ3n) is 3.59. The lowest BCUT2D eigenvalue weighted by Crippen LogP contribution is -2.11. The van der Waals surface area contributed by atoms with Crippen molar-refractivity contribution in [3.05, 3.63) is 28.2 Å². The van der Waals surface area contributed by atoms with E-state index in [4.69, 9.17) is 23.2 Å². The van der Waals surface area contributed by atoms with Gasteiger partial charge in [0, 0.05) is 18.2 Å². The number of anilines is 1. The minimum absolute atomic E-state index is 0.0151. The summed E-state index contributed by atoms with van der Waals surface area (Å²) in [4.78, 5) is 11.8. The number of carbonyl (C=O) groups excluding carboxylic acids is 1. The Bertz CT molecular complexity index is 428. The van der Waals surface area contributed by atoms with Gasteiger partial charge in [-0.05, 0) is 18.6 Å². The first kappa shape index (κ1) is 19.3. The largest absolute Gasteiger partial charge is 0.326 e. The summed E-state index contributed by atoms with van der Waals surface area (Å²) in [5, 5.41) is 3.64. The number of halogens is 2. The first-order chi connectivity index (χ1) is 10.6. The van der Waals surface area contributed by atoms with Crippen LogP contribution in [0.5, 0.6) is 0 Å². The summed E-state index contributed by atoms with van der Waals surface area (Å²) < 4.78 is 0. The number of benzene rings is 1. The van der Waals surface area contributed by atoms with Crippen molar-refractivity contribution in [3.8, 4) is 0 Å². The van der Waals surface area contributed by atoms with E-state index >= 15 is 0 Å². The number of nitrogens with one attached hydrogen (secondary N) is 1. The van der Waals surface area contributed by atoms with Gasteiger partial charge in [-0.25, -0.2) is 0 Å². The molecule has 0 atom stereocenters. The molecular formula is C18H26Cl2NO. The van der Waals surface area contributed by atoms with Gasteiger partial charge in [0.2, 0.25) is 5.91 Å². The second-order valence-electron chi connectivity index (χ2n) is 5.69. The van der Waals surface area contributed by atoms with E-state index in [2.05, 4.69) is 18.3 Å². The number of carbonyl (C=O) groups is 1. The summed E-state index contributed by atoms with van der Waals surface area (Å²) in [5.74, 6) is 0.0151. The van der Waals surface area contributed by atoms with Crippen LogP contribution >= 0.6 is 23.2 Å². The first-order valence-corrected chi connectivity index (χ1v) is 9.05. The van der Waals surface area contributed by atoms with Gasteiger partial charge in [-0.15, -0.1) is 0 Å². The smallest absolute Gasteiger partial charge is 0.224 e. The fourth-order valence-electron chi connectivity index (χ4n) is 2.39. The molecular weight excluding hydrogens is 317 g/mol. The van der Waals surface area contributed by atoms with Crippen LogP contribution in [0.4, 0.5) is 5.69 Å². The molecule has 0 aliphatic carbocycles. The van der Waals surface area contributed by atoms with E-state index in [1.165, 1.54) is 44.9 Å². The molecule has 0 fully saturated rings. The van der Waals surface area contributed by atoms with Crippen LogP contribution < -0.4 is 5.32 Å². The highest BCUT2D eigenvalue weighted by molar-refractivity contribution is 6.34. The van der Waals surface area contributed by atoms with Crippen molar-refractivity contribution in [2.24, 2.45) is 0 Å². The predicted molar refractivity (Wildman–Crippen MR) is 95.8 cm³/mol. The van der Waals surface area contributed by atoms with E-state index in [-0.39, 0.29) is 5.91 Å². The Morgan fingerprint density at radius 2 is 1.45 bits per heavy atom. The van der Waals surface area contributed by atoms with Crippen LogP contribution in [0.15, 0.2) is 12.1 Å². The molecule has 1 aromatic rings. The highest BCUT2D eigenvalue weighted by atomic mass is 35.5. The molecule has 0 unspecified atom stereocenters. The van der Waals surface area contributed by atoms with Crippen LogP contribution in [0.2, 0.25) is 10.0 Å². The maximum absolute atomic E-state index is 11.8. The van der Waals surface area contributed by atoms with E-state index in [0.717, 1.165) is 12.8 Å². The molecule has 0 saturated carbocycles. The van der Waals surface area contributed by atoms with Crippen LogP contribution in [0, 0.1) is 6.07 Å². The van der Waals surface area contributed by atoms with E-state index in [0.29, 0.717) is 22.2 Å². The summed E-state index contributed by atoms with van der Waals surface area (Å²) in [7, 11) is 0. The van der Waals surface area contributed by atoms with Crippen molar-refractivity contribution in [1.29, 1.82) is 0 Å². The van der Waals surface area contributed by atoms with Crippen molar-refractivity contribution in [1.82, 2.24) is 0 Å². The van der Waals surface area contributed by atoms with E-state index in [9.17, 15) is 4.79 Å². The standard InChI is InChI=1S/C18H26Cl2NO/c1-2-3-4-5-6-7-8-9-10-11-18(22)21-17-13-15(19)12-16(20)14-17/h13-14H,2-11H2,1H3,(H,21,22). The Morgan fingerprint density at radius 1 is 0.955 bits per heavy atom. The van der Waals surface area contributed by atoms with Crippen LogP contribution in [-0.4, -0.2) is 5.91 Å². The summed E-state index contributed by atoms with van der Waals surface area (Å²) in [5.41, 5.74) is 0.634. The minimum Gasteiger partial charge on any atom is -0.326 e. The van der Waals surface area contributed by atoms with Crippen molar-refractivity contribution >= 4 is 34.8 Å². The Morgan fingerprint density at radius 3 is 2.00 bits per heavy atom. The topological polar surface area (TPSA) is 29.1 Å². The fraction of sp³-hybridized carbons (Fsp3) is 0.611. The number of unbranched alkanes of at least 4 members (excludes halogenated alkanes) is 8. The fourth-order valence-corrected chi connectivity index (χ4v) is 2.88. The molecule has 1 aromatic carbocycles. The molecule has 0 heterocycles. The Kier molecular flexibility index (Phi) is 10.3. The zero-order valence-electron chi connectivity index (χ0n) is 13.4. The van der Waals surface area contributed by atoms with Gasteiger partial charge in [0.25, 0.3) is 0 Å². The van der Waals surface area contributed by atoms with Crippen LogP contribution in [0.3, 0.4) is 0 Å². The van der Waals surface area contributed by atoms with Gasteiger partial charge in [0.15, 0.2) is 0 Å². The average Bonchev–Trinajstić information content (AvgIpc) is 2.44. The summed E-state index contributed by atoms with van der Waals surface area (Å²) in [6.45, 7) is 2.24. The first-order valence-electron chi connectivity index (χ1n) is 8.30. The third-order valence-corrected chi connectivity index (χ3v) is 4.00. The highest BCUT2D eigenvalue weighted by Crippen LogP contribution is 2.22. The van der Waals surface area contributed by atoms with Gasteiger partial charge in [0.05, 0.1) is 10.0 Å². The minimum atomic E-state index is 0.0151. The molecule has 2 nitrogen and oxygen atoms in total. The van der Waals surface area contributed by atoms with Gasteiger partial charge in [-0.1, -0.05) is 81.5 Å². The van der Waals surface area contributed by atoms with E-state index in [1.54, 1.807) is 12.1 Å². The molecule has 1 amide bonds. The zero-order valence-corrected chi connectivity index (χ0v) is 14.9. The second-order valence-corrected chi connectivity index (χ2v) is 6.51. The number of hydrogen-bond donors (Lipinski definition) is 1. The highest BCUT2D eigenvalue weighted by Gasteiger charge is 2.04. The second kappa shape index (κ2) is 11.8. The molecule has 1 rings (SSSR count). The van der Waals surface area contributed by atoms with E-state index < -0.39 is 0 Å². The number of amides is 1. The lowest BCUT2D eigenvalue weighted by Gasteiger charge is -2.06. The van der Waals surface area contributed by atoms with Gasteiger partial charge < -0.3 is 5.32 Å². The van der Waals surface area contributed by atoms with Crippen molar-refractivity contribution in [2.45, 2.75) is 71.1 Å². The molecule has 123 valence electrons. The summed E-state index contributed by atoms with van der Waals surface area (Å²) >= 11 is 11.7. The van der Waals surface area contributed by atoms with Crippen molar-refractivity contribution in [3.63, 3.8) is 0 Å². The molecule has 0 bridgehead atoms. The van der Waals surface area contributed by atoms with Crippen molar-refractivity contribution in [2.75, 3.05) is 5.32 Å². The van der Waals surface area contributed by atoms with Crippen LogP contribution in [0.25, 0.3) is 0 Å². The number of rotatable bonds is 11. The maximum Gasteiger partial charge on any atom is 0.224 e. The molecule has 0 aliphatic heterocycles. The van der Waals surface area contributed by atoms with Gasteiger partial charge >= 0.3 is 0 Å². The Balaban J connectivity index is 2.06. The van der Waals surface area contributed by atoms with Crippen LogP contribution in [0.1, 0.15) is 71.1 Å². The molecule has 0 aromatic heterocycles. The van der Waals surface area contributed by atoms with Gasteiger partial charge in [-0.2, -0.15) is 0 Å². The lowest BCUT2D eigenvalue weighted by molar-refractivity contribution is -0.116. The van der Waals surface area contributed by atoms with Gasteiger partial charge in [-0.3, -0.25) is 4.79 Å². The van der Waals surface area contributed by atoms with Crippen molar-refractivity contribution < 1.29 is 4.79 Å². The lowest BCUT2D eigenvalue weighted by atomic mass is 10.1. The average molecular weight is 343 g/mol.